The van der Waals surface area contributed by atoms with Gasteiger partial charge in [0, 0.05) is 6.54 Å². The fraction of sp³-hybridized carbons (Fsp3) is 0.500. The Balaban J connectivity index is 2.18. The van der Waals surface area contributed by atoms with Crippen molar-refractivity contribution < 1.29 is 5.11 Å². The second kappa shape index (κ2) is 5.61. The number of hydrogen-bond acceptors (Lipinski definition) is 7. The van der Waals surface area contributed by atoms with Gasteiger partial charge < -0.3 is 10.4 Å². The average molecular weight is 251 g/mol. The van der Waals surface area contributed by atoms with E-state index in [-0.39, 0.29) is 0 Å². The Bertz CT molecular complexity index is 512. The molecule has 0 spiro atoms. The number of anilines is 2. The van der Waals surface area contributed by atoms with Crippen molar-refractivity contribution in [3.05, 3.63) is 6.20 Å². The molecule has 2 rings (SSSR count). The molecule has 6 N–H and O–H groups in total. The number of H-pyrrole nitrogens is 1. The van der Waals surface area contributed by atoms with Crippen LogP contribution in [0.3, 0.4) is 0 Å². The summed E-state index contributed by atoms with van der Waals surface area (Å²) in [7, 11) is 0. The van der Waals surface area contributed by atoms with Gasteiger partial charge in [0.2, 0.25) is 5.95 Å². The number of hydrazine groups is 1. The topological polar surface area (TPSA) is 125 Å². The molecule has 0 saturated heterocycles. The van der Waals surface area contributed by atoms with Crippen molar-refractivity contribution in [1.82, 2.24) is 20.2 Å². The normalized spacial score (nSPS) is 12.6. The van der Waals surface area contributed by atoms with E-state index in [1.807, 2.05) is 6.92 Å². The van der Waals surface area contributed by atoms with Gasteiger partial charge in [0.05, 0.1) is 17.7 Å². The van der Waals surface area contributed by atoms with Crippen molar-refractivity contribution in [3.63, 3.8) is 0 Å². The minimum Gasteiger partial charge on any atom is -0.391 e. The Morgan fingerprint density at radius 3 is 3.06 bits per heavy atom. The molecule has 18 heavy (non-hydrogen) atoms. The molecule has 1 unspecified atom stereocenters. The van der Waals surface area contributed by atoms with Crippen LogP contribution >= 0.6 is 0 Å². The lowest BCUT2D eigenvalue weighted by Crippen LogP contribution is -2.20. The number of aromatic nitrogens is 4. The van der Waals surface area contributed by atoms with Gasteiger partial charge in [0.25, 0.3) is 0 Å². The summed E-state index contributed by atoms with van der Waals surface area (Å²) in [6.07, 6.45) is 2.91. The molecule has 0 aliphatic carbocycles. The molecule has 98 valence electrons. The Kier molecular flexibility index (Phi) is 3.90. The first-order valence-electron chi connectivity index (χ1n) is 5.84. The lowest BCUT2D eigenvalue weighted by Gasteiger charge is -2.12. The molecule has 2 aromatic heterocycles. The highest BCUT2D eigenvalue weighted by molar-refractivity contribution is 5.86. The summed E-state index contributed by atoms with van der Waals surface area (Å²) < 4.78 is 0. The predicted molar refractivity (Wildman–Crippen MR) is 68.9 cm³/mol. The molecule has 0 saturated carbocycles. The average Bonchev–Trinajstić information content (AvgIpc) is 2.84. The minimum absolute atomic E-state index is 0.291. The monoisotopic (exact) mass is 251 g/mol. The summed E-state index contributed by atoms with van der Waals surface area (Å²) in [4.78, 5) is 8.30. The van der Waals surface area contributed by atoms with Crippen molar-refractivity contribution in [1.29, 1.82) is 0 Å². The number of nitrogens with one attached hydrogen (secondary N) is 3. The highest BCUT2D eigenvalue weighted by Crippen LogP contribution is 2.19. The number of nitrogen functional groups attached to an aromatic ring is 1. The van der Waals surface area contributed by atoms with Gasteiger partial charge in [-0.25, -0.2) is 5.84 Å². The van der Waals surface area contributed by atoms with E-state index >= 15 is 0 Å². The van der Waals surface area contributed by atoms with E-state index in [9.17, 15) is 5.11 Å². The number of rotatable bonds is 6. The SMILES string of the molecule is CCCC(O)CNc1nc(NN)nc2[nH]ncc12. The van der Waals surface area contributed by atoms with E-state index in [1.54, 1.807) is 6.20 Å². The number of aromatic amines is 1. The zero-order valence-corrected chi connectivity index (χ0v) is 10.1. The lowest BCUT2D eigenvalue weighted by atomic mass is 10.2. The molecule has 8 heteroatoms. The van der Waals surface area contributed by atoms with E-state index in [1.165, 1.54) is 0 Å². The van der Waals surface area contributed by atoms with Crippen LogP contribution in [0.15, 0.2) is 6.20 Å². The molecule has 0 amide bonds. The number of aliphatic hydroxyl groups is 1. The maximum atomic E-state index is 9.69. The van der Waals surface area contributed by atoms with E-state index in [0.717, 1.165) is 18.2 Å². The largest absolute Gasteiger partial charge is 0.391 e. The lowest BCUT2D eigenvalue weighted by molar-refractivity contribution is 0.176. The maximum absolute atomic E-state index is 9.69. The van der Waals surface area contributed by atoms with Crippen LogP contribution < -0.4 is 16.6 Å². The van der Waals surface area contributed by atoms with Crippen LogP contribution in [-0.4, -0.2) is 37.9 Å². The number of hydrogen-bond donors (Lipinski definition) is 5. The van der Waals surface area contributed by atoms with Crippen LogP contribution in [0.2, 0.25) is 0 Å². The Morgan fingerprint density at radius 2 is 2.33 bits per heavy atom. The summed E-state index contributed by atoms with van der Waals surface area (Å²) in [5, 5.41) is 20.2. The molecule has 2 heterocycles. The first-order chi connectivity index (χ1) is 8.74. The second-order valence-corrected chi connectivity index (χ2v) is 4.00. The van der Waals surface area contributed by atoms with E-state index in [0.29, 0.717) is 24.0 Å². The van der Waals surface area contributed by atoms with Gasteiger partial charge in [0.1, 0.15) is 5.82 Å². The highest BCUT2D eigenvalue weighted by atomic mass is 16.3. The molecular weight excluding hydrogens is 234 g/mol. The van der Waals surface area contributed by atoms with Gasteiger partial charge in [-0.2, -0.15) is 15.1 Å². The fourth-order valence-corrected chi connectivity index (χ4v) is 1.68. The standard InChI is InChI=1S/C10H17N7O/c1-2-3-6(18)4-12-8-7-5-13-17-9(7)15-10(14-8)16-11/h5-6,18H,2-4,11H2,1H3,(H3,12,13,14,15,16,17). The van der Waals surface area contributed by atoms with Crippen LogP contribution in [0.25, 0.3) is 11.0 Å². The Morgan fingerprint density at radius 1 is 1.50 bits per heavy atom. The van der Waals surface area contributed by atoms with Gasteiger partial charge in [-0.3, -0.25) is 10.5 Å². The molecule has 0 radical (unpaired) electrons. The molecule has 0 fully saturated rings. The quantitative estimate of drug-likeness (QED) is 0.367. The van der Waals surface area contributed by atoms with Crippen molar-refractivity contribution in [2.75, 3.05) is 17.3 Å². The van der Waals surface area contributed by atoms with Crippen LogP contribution in [0.5, 0.6) is 0 Å². The summed E-state index contributed by atoms with van der Waals surface area (Å²) in [6, 6.07) is 0. The second-order valence-electron chi connectivity index (χ2n) is 4.00. The third kappa shape index (κ3) is 2.66. The highest BCUT2D eigenvalue weighted by Gasteiger charge is 2.10. The molecule has 0 aromatic carbocycles. The minimum atomic E-state index is -0.402. The molecule has 2 aromatic rings. The van der Waals surface area contributed by atoms with E-state index in [4.69, 9.17) is 5.84 Å². The Hall–Kier alpha value is -1.93. The zero-order valence-electron chi connectivity index (χ0n) is 10.1. The number of fused-ring (bicyclic) bond motifs is 1. The molecule has 0 bridgehead atoms. The van der Waals surface area contributed by atoms with Crippen molar-refractivity contribution in [2.24, 2.45) is 5.84 Å². The smallest absolute Gasteiger partial charge is 0.241 e. The van der Waals surface area contributed by atoms with E-state index < -0.39 is 6.10 Å². The van der Waals surface area contributed by atoms with Crippen molar-refractivity contribution in [2.45, 2.75) is 25.9 Å². The van der Waals surface area contributed by atoms with Gasteiger partial charge in [-0.05, 0) is 6.42 Å². The van der Waals surface area contributed by atoms with Crippen LogP contribution in [0.4, 0.5) is 11.8 Å². The Labute approximate surface area is 104 Å². The van der Waals surface area contributed by atoms with Gasteiger partial charge in [0.15, 0.2) is 5.65 Å². The van der Waals surface area contributed by atoms with Gasteiger partial charge in [-0.1, -0.05) is 13.3 Å². The van der Waals surface area contributed by atoms with Crippen LogP contribution in [0, 0.1) is 0 Å². The summed E-state index contributed by atoms with van der Waals surface area (Å²) >= 11 is 0. The first kappa shape index (κ1) is 12.5. The third-order valence-electron chi connectivity index (χ3n) is 2.57. The van der Waals surface area contributed by atoms with Crippen molar-refractivity contribution >= 4 is 22.8 Å². The van der Waals surface area contributed by atoms with Crippen molar-refractivity contribution in [3.8, 4) is 0 Å². The molecule has 0 aliphatic heterocycles. The molecule has 1 atom stereocenters. The number of aliphatic hydroxyl groups excluding tert-OH is 1. The van der Waals surface area contributed by atoms with Crippen LogP contribution in [0.1, 0.15) is 19.8 Å². The van der Waals surface area contributed by atoms with Crippen LogP contribution in [-0.2, 0) is 0 Å². The van der Waals surface area contributed by atoms with E-state index in [2.05, 4.69) is 30.9 Å². The summed E-state index contributed by atoms with van der Waals surface area (Å²) in [6.45, 7) is 2.45. The molecular formula is C10H17N7O. The number of nitrogens with zero attached hydrogens (tertiary/aromatic N) is 3. The van der Waals surface area contributed by atoms with Gasteiger partial charge >= 0.3 is 0 Å². The number of nitrogens with two attached hydrogens (primary N) is 1. The third-order valence-corrected chi connectivity index (χ3v) is 2.57. The maximum Gasteiger partial charge on any atom is 0.241 e. The summed E-state index contributed by atoms with van der Waals surface area (Å²) in [5.41, 5.74) is 2.98. The summed E-state index contributed by atoms with van der Waals surface area (Å²) in [5.74, 6) is 6.18. The molecule has 8 nitrogen and oxygen atoms in total. The fourth-order valence-electron chi connectivity index (χ4n) is 1.68. The molecule has 0 aliphatic rings. The zero-order chi connectivity index (χ0) is 13.0. The van der Waals surface area contributed by atoms with Gasteiger partial charge in [-0.15, -0.1) is 0 Å². The predicted octanol–water partition coefficient (Wildman–Crippen LogP) is 0.211. The first-order valence-corrected chi connectivity index (χ1v) is 5.84.